The molecule has 19 heavy (non-hydrogen) atoms. The molecule has 0 saturated heterocycles. The second kappa shape index (κ2) is 6.01. The van der Waals surface area contributed by atoms with E-state index >= 15 is 0 Å². The number of para-hydroxylation sites is 1. The van der Waals surface area contributed by atoms with E-state index in [-0.39, 0.29) is 10.0 Å². The highest BCUT2D eigenvalue weighted by Crippen LogP contribution is 2.38. The normalized spacial score (nSPS) is 12.3. The molecule has 0 heterocycles. The molecule has 0 aliphatic carbocycles. The zero-order chi connectivity index (χ0) is 14.0. The molecule has 0 radical (unpaired) electrons. The molecule has 2 aromatic rings. The Morgan fingerprint density at radius 2 is 1.74 bits per heavy atom. The van der Waals surface area contributed by atoms with Gasteiger partial charge in [0.25, 0.3) is 0 Å². The minimum absolute atomic E-state index is 0.105. The number of halogens is 4. The summed E-state index contributed by atoms with van der Waals surface area (Å²) in [6.07, 6.45) is 0. The molecule has 1 unspecified atom stereocenters. The summed E-state index contributed by atoms with van der Waals surface area (Å²) in [5.41, 5.74) is 0.968. The zero-order valence-electron chi connectivity index (χ0n) is 9.96. The molecule has 5 heteroatoms. The lowest BCUT2D eigenvalue weighted by atomic mass is 10.0. The Kier molecular flexibility index (Phi) is 4.58. The number of benzene rings is 2. The monoisotopic (exact) mass is 390 g/mol. The SMILES string of the molecule is COc1ccccc1C(Br)c1cc(F)c(Br)cc1F. The average molecular weight is 392 g/mol. The van der Waals surface area contributed by atoms with E-state index in [0.717, 1.165) is 11.6 Å². The number of rotatable bonds is 3. The van der Waals surface area contributed by atoms with Gasteiger partial charge in [0, 0.05) is 11.1 Å². The van der Waals surface area contributed by atoms with Crippen LogP contribution in [0.25, 0.3) is 0 Å². The van der Waals surface area contributed by atoms with E-state index in [1.54, 1.807) is 12.1 Å². The van der Waals surface area contributed by atoms with Gasteiger partial charge in [0.1, 0.15) is 17.4 Å². The molecule has 100 valence electrons. The van der Waals surface area contributed by atoms with E-state index < -0.39 is 16.5 Å². The quantitative estimate of drug-likeness (QED) is 0.514. The van der Waals surface area contributed by atoms with Crippen molar-refractivity contribution in [1.29, 1.82) is 0 Å². The van der Waals surface area contributed by atoms with E-state index in [1.807, 2.05) is 12.1 Å². The van der Waals surface area contributed by atoms with Gasteiger partial charge in [-0.3, -0.25) is 0 Å². The van der Waals surface area contributed by atoms with Crippen molar-refractivity contribution >= 4 is 31.9 Å². The Morgan fingerprint density at radius 3 is 2.42 bits per heavy atom. The summed E-state index contributed by atoms with van der Waals surface area (Å²) in [6, 6.07) is 9.51. The van der Waals surface area contributed by atoms with Crippen LogP contribution < -0.4 is 4.74 Å². The summed E-state index contributed by atoms with van der Waals surface area (Å²) in [4.78, 5) is -0.480. The Morgan fingerprint density at radius 1 is 1.05 bits per heavy atom. The second-order valence-corrected chi connectivity index (χ2v) is 5.66. The standard InChI is InChI=1S/C14H10Br2F2O/c1-19-13-5-3-2-4-8(13)14(16)9-6-12(18)10(15)7-11(9)17/h2-7,14H,1H3. The van der Waals surface area contributed by atoms with Gasteiger partial charge in [-0.15, -0.1) is 0 Å². The predicted molar refractivity (Wildman–Crippen MR) is 77.8 cm³/mol. The van der Waals surface area contributed by atoms with Gasteiger partial charge in [0.05, 0.1) is 16.4 Å². The number of methoxy groups -OCH3 is 1. The Balaban J connectivity index is 2.50. The summed E-state index contributed by atoms with van der Waals surface area (Å²) < 4.78 is 32.8. The first-order valence-corrected chi connectivity index (χ1v) is 7.17. The van der Waals surface area contributed by atoms with Gasteiger partial charge in [-0.1, -0.05) is 34.1 Å². The van der Waals surface area contributed by atoms with Gasteiger partial charge in [-0.05, 0) is 34.1 Å². The van der Waals surface area contributed by atoms with Gasteiger partial charge >= 0.3 is 0 Å². The first-order chi connectivity index (χ1) is 9.04. The lowest BCUT2D eigenvalue weighted by Crippen LogP contribution is -2.00. The number of hydrogen-bond donors (Lipinski definition) is 0. The third-order valence-electron chi connectivity index (χ3n) is 2.72. The highest BCUT2D eigenvalue weighted by Gasteiger charge is 2.20. The highest BCUT2D eigenvalue weighted by molar-refractivity contribution is 9.10. The summed E-state index contributed by atoms with van der Waals surface area (Å²) in [7, 11) is 1.54. The molecule has 0 aromatic heterocycles. The topological polar surface area (TPSA) is 9.23 Å². The van der Waals surface area contributed by atoms with Crippen molar-refractivity contribution in [1.82, 2.24) is 0 Å². The second-order valence-electron chi connectivity index (χ2n) is 3.89. The summed E-state index contributed by atoms with van der Waals surface area (Å²) in [5, 5.41) is 0. The maximum Gasteiger partial charge on any atom is 0.137 e. The van der Waals surface area contributed by atoms with Crippen LogP contribution in [0.2, 0.25) is 0 Å². The average Bonchev–Trinajstić information content (AvgIpc) is 2.42. The van der Waals surface area contributed by atoms with E-state index in [0.29, 0.717) is 5.75 Å². The Hall–Kier alpha value is -0.940. The van der Waals surface area contributed by atoms with Crippen LogP contribution in [0, 0.1) is 11.6 Å². The number of alkyl halides is 1. The van der Waals surface area contributed by atoms with Crippen molar-refractivity contribution in [2.45, 2.75) is 4.83 Å². The van der Waals surface area contributed by atoms with Crippen LogP contribution >= 0.6 is 31.9 Å². The van der Waals surface area contributed by atoms with Crippen molar-refractivity contribution in [2.24, 2.45) is 0 Å². The molecular formula is C14H10Br2F2O. The summed E-state index contributed by atoms with van der Waals surface area (Å²) in [5.74, 6) is -0.371. The van der Waals surface area contributed by atoms with Crippen LogP contribution in [0.15, 0.2) is 40.9 Å². The molecule has 0 fully saturated rings. The summed E-state index contributed by atoms with van der Waals surface area (Å²) >= 11 is 6.35. The Labute approximate surface area is 126 Å². The van der Waals surface area contributed by atoms with Gasteiger partial charge in [-0.25, -0.2) is 8.78 Å². The van der Waals surface area contributed by atoms with E-state index in [1.165, 1.54) is 13.2 Å². The van der Waals surface area contributed by atoms with Crippen LogP contribution in [0.4, 0.5) is 8.78 Å². The minimum Gasteiger partial charge on any atom is -0.496 e. The Bertz CT molecular complexity index is 602. The maximum atomic E-state index is 13.9. The van der Waals surface area contributed by atoms with Gasteiger partial charge in [-0.2, -0.15) is 0 Å². The van der Waals surface area contributed by atoms with Crippen molar-refractivity contribution in [2.75, 3.05) is 7.11 Å². The highest BCUT2D eigenvalue weighted by atomic mass is 79.9. The molecule has 2 aromatic carbocycles. The minimum atomic E-state index is -0.504. The largest absolute Gasteiger partial charge is 0.496 e. The third-order valence-corrected chi connectivity index (χ3v) is 4.32. The first-order valence-electron chi connectivity index (χ1n) is 5.46. The van der Waals surface area contributed by atoms with E-state index in [4.69, 9.17) is 4.74 Å². The van der Waals surface area contributed by atoms with Crippen molar-refractivity contribution < 1.29 is 13.5 Å². The molecule has 2 rings (SSSR count). The fourth-order valence-corrected chi connectivity index (χ4v) is 2.82. The van der Waals surface area contributed by atoms with Gasteiger partial charge in [0.2, 0.25) is 0 Å². The lowest BCUT2D eigenvalue weighted by molar-refractivity contribution is 0.410. The van der Waals surface area contributed by atoms with Gasteiger partial charge < -0.3 is 4.74 Å². The molecule has 0 bridgehead atoms. The van der Waals surface area contributed by atoms with Crippen molar-refractivity contribution in [3.8, 4) is 5.75 Å². The molecule has 0 N–H and O–H groups in total. The fraction of sp³-hybridized carbons (Fsp3) is 0.143. The molecule has 0 aliphatic heterocycles. The van der Waals surface area contributed by atoms with E-state index in [2.05, 4.69) is 31.9 Å². The third kappa shape index (κ3) is 2.98. The summed E-state index contributed by atoms with van der Waals surface area (Å²) in [6.45, 7) is 0. The smallest absolute Gasteiger partial charge is 0.137 e. The zero-order valence-corrected chi connectivity index (χ0v) is 13.1. The number of ether oxygens (including phenoxy) is 1. The molecule has 0 aliphatic rings. The number of hydrogen-bond acceptors (Lipinski definition) is 1. The van der Waals surface area contributed by atoms with Gasteiger partial charge in [0.15, 0.2) is 0 Å². The van der Waals surface area contributed by atoms with Crippen LogP contribution in [0.5, 0.6) is 5.75 Å². The molecule has 0 spiro atoms. The van der Waals surface area contributed by atoms with Crippen LogP contribution in [0.3, 0.4) is 0 Å². The molecule has 1 nitrogen and oxygen atoms in total. The first kappa shape index (κ1) is 14.5. The van der Waals surface area contributed by atoms with Crippen molar-refractivity contribution in [3.63, 3.8) is 0 Å². The molecule has 0 saturated carbocycles. The van der Waals surface area contributed by atoms with E-state index in [9.17, 15) is 8.78 Å². The van der Waals surface area contributed by atoms with Crippen LogP contribution in [0.1, 0.15) is 16.0 Å². The van der Waals surface area contributed by atoms with Crippen LogP contribution in [-0.4, -0.2) is 7.11 Å². The molecular weight excluding hydrogens is 382 g/mol. The fourth-order valence-electron chi connectivity index (χ4n) is 1.78. The predicted octanol–water partition coefficient (Wildman–Crippen LogP) is 5.22. The molecule has 0 amide bonds. The van der Waals surface area contributed by atoms with Crippen LogP contribution in [-0.2, 0) is 0 Å². The van der Waals surface area contributed by atoms with Crippen molar-refractivity contribution in [3.05, 3.63) is 63.6 Å². The maximum absolute atomic E-state index is 13.9. The molecule has 1 atom stereocenters. The lowest BCUT2D eigenvalue weighted by Gasteiger charge is -2.15.